The maximum absolute atomic E-state index is 8.68. The van der Waals surface area contributed by atoms with Gasteiger partial charge in [-0.2, -0.15) is 0 Å². The van der Waals surface area contributed by atoms with Gasteiger partial charge in [-0.15, -0.1) is 0 Å². The van der Waals surface area contributed by atoms with E-state index in [9.17, 15) is 0 Å². The van der Waals surface area contributed by atoms with Gasteiger partial charge < -0.3 is 10.8 Å². The first-order valence-corrected chi connectivity index (χ1v) is 2.85. The summed E-state index contributed by atoms with van der Waals surface area (Å²) in [5.41, 5.74) is 5.93. The summed E-state index contributed by atoms with van der Waals surface area (Å²) in [4.78, 5) is 0. The van der Waals surface area contributed by atoms with E-state index >= 15 is 0 Å². The zero-order chi connectivity index (χ0) is 7.44. The molecule has 0 spiro atoms. The van der Waals surface area contributed by atoms with Gasteiger partial charge in [0.05, 0.1) is 5.76 Å². The lowest BCUT2D eigenvalue weighted by Gasteiger charge is -2.07. The third-order valence-corrected chi connectivity index (χ3v) is 1.17. The van der Waals surface area contributed by atoms with Crippen LogP contribution in [0.2, 0.25) is 0 Å². The molecule has 0 aromatic carbocycles. The number of aliphatic hydroxyl groups is 1. The van der Waals surface area contributed by atoms with Crippen LogP contribution in [-0.4, -0.2) is 5.11 Å². The summed E-state index contributed by atoms with van der Waals surface area (Å²) >= 11 is 0. The topological polar surface area (TPSA) is 46.2 Å². The highest BCUT2D eigenvalue weighted by atomic mass is 16.3. The van der Waals surface area contributed by atoms with Gasteiger partial charge in [0, 0.05) is 18.0 Å². The molecule has 0 aromatic rings. The van der Waals surface area contributed by atoms with Gasteiger partial charge in [-0.3, -0.25) is 0 Å². The van der Waals surface area contributed by atoms with Gasteiger partial charge >= 0.3 is 0 Å². The van der Waals surface area contributed by atoms with E-state index in [1.54, 1.807) is 0 Å². The molecule has 0 heterocycles. The lowest BCUT2D eigenvalue weighted by Crippen LogP contribution is -2.07. The van der Waals surface area contributed by atoms with Gasteiger partial charge in [-0.25, -0.2) is 0 Å². The molecule has 2 nitrogen and oxygen atoms in total. The number of rotatable bonds is 3. The Morgan fingerprint density at radius 1 is 1.67 bits per heavy atom. The van der Waals surface area contributed by atoms with Gasteiger partial charge in [0.15, 0.2) is 0 Å². The Kier molecular flexibility index (Phi) is 2.85. The Hall–Kier alpha value is -0.920. The summed E-state index contributed by atoms with van der Waals surface area (Å²) in [6, 6.07) is 0. The van der Waals surface area contributed by atoms with Gasteiger partial charge in [0.2, 0.25) is 0 Å². The summed E-state index contributed by atoms with van der Waals surface area (Å²) < 4.78 is 0. The van der Waals surface area contributed by atoms with Crippen molar-refractivity contribution >= 4 is 0 Å². The highest BCUT2D eigenvalue weighted by Crippen LogP contribution is 2.10. The predicted molar refractivity (Wildman–Crippen MR) is 38.9 cm³/mol. The van der Waals surface area contributed by atoms with Gasteiger partial charge in [0.25, 0.3) is 0 Å². The van der Waals surface area contributed by atoms with Gasteiger partial charge in [-0.1, -0.05) is 20.1 Å². The fraction of sp³-hybridized carbons (Fsp3) is 0.429. The Bertz CT molecular complexity index is 129. The van der Waals surface area contributed by atoms with Crippen molar-refractivity contribution in [2.45, 2.75) is 13.3 Å². The molecule has 0 bridgehead atoms. The van der Waals surface area contributed by atoms with Crippen molar-refractivity contribution in [2.75, 3.05) is 0 Å². The zero-order valence-electron chi connectivity index (χ0n) is 5.72. The van der Waals surface area contributed by atoms with Gasteiger partial charge in [0.1, 0.15) is 0 Å². The van der Waals surface area contributed by atoms with E-state index in [4.69, 9.17) is 10.8 Å². The summed E-state index contributed by atoms with van der Waals surface area (Å²) in [6.45, 7) is 8.76. The van der Waals surface area contributed by atoms with Crippen molar-refractivity contribution in [3.8, 4) is 0 Å². The van der Waals surface area contributed by atoms with E-state index in [-0.39, 0.29) is 11.7 Å². The quantitative estimate of drug-likeness (QED) is 0.565. The Morgan fingerprint density at radius 2 is 2.11 bits per heavy atom. The van der Waals surface area contributed by atoms with Crippen molar-refractivity contribution in [1.82, 2.24) is 0 Å². The third-order valence-electron chi connectivity index (χ3n) is 1.17. The standard InChI is InChI=1S/C7H13NO/c1-5(7(3)8)4-6(2)9/h5,9H,2-4,8H2,1H3. The number of aliphatic hydroxyl groups excluding tert-OH is 1. The SMILES string of the molecule is C=C(O)CC(C)C(=C)N. The monoisotopic (exact) mass is 127 g/mol. The minimum Gasteiger partial charge on any atom is -0.513 e. The molecule has 0 aliphatic rings. The summed E-state index contributed by atoms with van der Waals surface area (Å²) in [7, 11) is 0. The van der Waals surface area contributed by atoms with Crippen LogP contribution in [0.4, 0.5) is 0 Å². The summed E-state index contributed by atoms with van der Waals surface area (Å²) in [6.07, 6.45) is 0.509. The smallest absolute Gasteiger partial charge is 0.0857 e. The molecule has 1 atom stereocenters. The molecule has 0 aliphatic heterocycles. The van der Waals surface area contributed by atoms with Crippen LogP contribution in [0.5, 0.6) is 0 Å². The van der Waals surface area contributed by atoms with E-state index in [0.717, 1.165) is 0 Å². The molecule has 9 heavy (non-hydrogen) atoms. The molecule has 2 heteroatoms. The minimum atomic E-state index is 0.127. The van der Waals surface area contributed by atoms with E-state index in [2.05, 4.69) is 13.2 Å². The minimum absolute atomic E-state index is 0.127. The van der Waals surface area contributed by atoms with Crippen LogP contribution in [-0.2, 0) is 0 Å². The second-order valence-corrected chi connectivity index (χ2v) is 2.25. The first kappa shape index (κ1) is 8.08. The number of hydrogen-bond donors (Lipinski definition) is 2. The Morgan fingerprint density at radius 3 is 2.22 bits per heavy atom. The summed E-state index contributed by atoms with van der Waals surface area (Å²) in [5, 5.41) is 8.68. The van der Waals surface area contributed by atoms with Crippen LogP contribution in [0.3, 0.4) is 0 Å². The van der Waals surface area contributed by atoms with Crippen molar-refractivity contribution in [3.63, 3.8) is 0 Å². The Balaban J connectivity index is 3.63. The van der Waals surface area contributed by atoms with Crippen molar-refractivity contribution in [2.24, 2.45) is 11.7 Å². The van der Waals surface area contributed by atoms with E-state index in [1.165, 1.54) is 0 Å². The fourth-order valence-electron chi connectivity index (χ4n) is 0.485. The van der Waals surface area contributed by atoms with Gasteiger partial charge in [-0.05, 0) is 0 Å². The molecule has 0 saturated carbocycles. The number of hydrogen-bond acceptors (Lipinski definition) is 2. The zero-order valence-corrected chi connectivity index (χ0v) is 5.72. The van der Waals surface area contributed by atoms with E-state index in [1.807, 2.05) is 6.92 Å². The van der Waals surface area contributed by atoms with Crippen molar-refractivity contribution in [3.05, 3.63) is 24.6 Å². The molecule has 52 valence electrons. The normalized spacial score (nSPS) is 12.6. The first-order chi connectivity index (χ1) is 4.04. The second kappa shape index (κ2) is 3.17. The summed E-state index contributed by atoms with van der Waals surface area (Å²) in [5.74, 6) is 0.289. The molecular formula is C7H13NO. The number of allylic oxidation sites excluding steroid dienone is 2. The lowest BCUT2D eigenvalue weighted by atomic mass is 10.1. The molecule has 0 saturated heterocycles. The molecular weight excluding hydrogens is 114 g/mol. The fourth-order valence-corrected chi connectivity index (χ4v) is 0.485. The van der Waals surface area contributed by atoms with Crippen molar-refractivity contribution in [1.29, 1.82) is 0 Å². The Labute approximate surface area is 55.7 Å². The first-order valence-electron chi connectivity index (χ1n) is 2.85. The highest BCUT2D eigenvalue weighted by Gasteiger charge is 2.03. The van der Waals surface area contributed by atoms with Crippen LogP contribution < -0.4 is 5.73 Å². The van der Waals surface area contributed by atoms with E-state index < -0.39 is 0 Å². The average molecular weight is 127 g/mol. The molecule has 0 fully saturated rings. The average Bonchev–Trinajstić information content (AvgIpc) is 1.63. The molecule has 0 aromatic heterocycles. The molecule has 0 radical (unpaired) electrons. The molecule has 0 aliphatic carbocycles. The van der Waals surface area contributed by atoms with Crippen LogP contribution in [0.25, 0.3) is 0 Å². The molecule has 0 rings (SSSR count). The molecule has 0 amide bonds. The van der Waals surface area contributed by atoms with Crippen LogP contribution in [0, 0.1) is 5.92 Å². The maximum atomic E-state index is 8.68. The van der Waals surface area contributed by atoms with Crippen LogP contribution >= 0.6 is 0 Å². The highest BCUT2D eigenvalue weighted by molar-refractivity contribution is 4.97. The third kappa shape index (κ3) is 3.64. The predicted octanol–water partition coefficient (Wildman–Crippen LogP) is 1.56. The maximum Gasteiger partial charge on any atom is 0.0857 e. The molecule has 1 unspecified atom stereocenters. The lowest BCUT2D eigenvalue weighted by molar-refractivity contribution is 0.371. The second-order valence-electron chi connectivity index (χ2n) is 2.25. The largest absolute Gasteiger partial charge is 0.513 e. The van der Waals surface area contributed by atoms with Crippen LogP contribution in [0.15, 0.2) is 24.6 Å². The van der Waals surface area contributed by atoms with E-state index in [0.29, 0.717) is 12.1 Å². The van der Waals surface area contributed by atoms with Crippen LogP contribution in [0.1, 0.15) is 13.3 Å². The number of nitrogens with two attached hydrogens (primary N) is 1. The van der Waals surface area contributed by atoms with Crippen molar-refractivity contribution < 1.29 is 5.11 Å². The molecule has 3 N–H and O–H groups in total.